The highest BCUT2D eigenvalue weighted by atomic mass is 16.6. The quantitative estimate of drug-likeness (QED) is 0.556. The lowest BCUT2D eigenvalue weighted by Gasteiger charge is -2.23. The summed E-state index contributed by atoms with van der Waals surface area (Å²) in [6, 6.07) is 0. The van der Waals surface area contributed by atoms with Gasteiger partial charge in [-0.1, -0.05) is 0 Å². The number of nitrogens with zero attached hydrogens (tertiary/aromatic N) is 3. The van der Waals surface area contributed by atoms with E-state index in [0.29, 0.717) is 13.2 Å². The van der Waals surface area contributed by atoms with E-state index < -0.39 is 4.92 Å². The zero-order valence-electron chi connectivity index (χ0n) is 9.55. The van der Waals surface area contributed by atoms with Crippen molar-refractivity contribution < 1.29 is 9.66 Å². The summed E-state index contributed by atoms with van der Waals surface area (Å²) in [6.45, 7) is 2.76. The highest BCUT2D eigenvalue weighted by Crippen LogP contribution is 2.21. The molecule has 1 fully saturated rings. The summed E-state index contributed by atoms with van der Waals surface area (Å²) in [5, 5.41) is 20.9. The molecule has 0 bridgehead atoms. The van der Waals surface area contributed by atoms with Gasteiger partial charge in [0.05, 0.1) is 17.6 Å². The second-order valence-electron chi connectivity index (χ2n) is 3.87. The summed E-state index contributed by atoms with van der Waals surface area (Å²) < 4.78 is 6.89. The van der Waals surface area contributed by atoms with Gasteiger partial charge in [0.15, 0.2) is 0 Å². The van der Waals surface area contributed by atoms with Crippen molar-refractivity contribution >= 4 is 11.5 Å². The van der Waals surface area contributed by atoms with E-state index in [2.05, 4.69) is 15.7 Å². The summed E-state index contributed by atoms with van der Waals surface area (Å²) in [5.74, 6) is 0.284. The third kappa shape index (κ3) is 2.92. The maximum atomic E-state index is 10.8. The van der Waals surface area contributed by atoms with E-state index in [1.165, 1.54) is 10.9 Å². The van der Waals surface area contributed by atoms with Crippen molar-refractivity contribution in [3.8, 4) is 0 Å². The highest BCUT2D eigenvalue weighted by Gasteiger charge is 2.20. The first-order valence-electron chi connectivity index (χ1n) is 5.41. The number of anilines is 1. The predicted molar refractivity (Wildman–Crippen MR) is 61.0 cm³/mol. The molecule has 0 spiro atoms. The number of morpholine rings is 1. The molecule has 2 heterocycles. The zero-order valence-corrected chi connectivity index (χ0v) is 9.55. The van der Waals surface area contributed by atoms with Crippen molar-refractivity contribution in [3.05, 3.63) is 16.3 Å². The average molecular weight is 241 g/mol. The fraction of sp³-hybridized carbons (Fsp3) is 0.667. The number of rotatable bonds is 4. The van der Waals surface area contributed by atoms with Crippen LogP contribution in [0.1, 0.15) is 0 Å². The molecule has 2 rings (SSSR count). The molecule has 0 radical (unpaired) electrons. The lowest BCUT2D eigenvalue weighted by Crippen LogP contribution is -2.42. The monoisotopic (exact) mass is 241 g/mol. The normalized spacial score (nSPS) is 20.2. The molecule has 1 aromatic heterocycles. The fourth-order valence-corrected chi connectivity index (χ4v) is 1.70. The Morgan fingerprint density at radius 1 is 1.82 bits per heavy atom. The Morgan fingerprint density at radius 3 is 3.29 bits per heavy atom. The Kier molecular flexibility index (Phi) is 3.55. The van der Waals surface area contributed by atoms with Crippen molar-refractivity contribution in [1.29, 1.82) is 0 Å². The molecule has 1 aliphatic rings. The minimum Gasteiger partial charge on any atom is -0.374 e. The van der Waals surface area contributed by atoms with E-state index >= 15 is 0 Å². The minimum absolute atomic E-state index is 0.0173. The molecule has 8 heteroatoms. The van der Waals surface area contributed by atoms with Crippen LogP contribution in [0.3, 0.4) is 0 Å². The highest BCUT2D eigenvalue weighted by molar-refractivity contribution is 5.54. The van der Waals surface area contributed by atoms with Gasteiger partial charge >= 0.3 is 5.69 Å². The van der Waals surface area contributed by atoms with Gasteiger partial charge in [-0.25, -0.2) is 0 Å². The minimum atomic E-state index is -0.449. The average Bonchev–Trinajstić information content (AvgIpc) is 2.69. The molecule has 0 aliphatic carbocycles. The van der Waals surface area contributed by atoms with E-state index in [-0.39, 0.29) is 17.6 Å². The summed E-state index contributed by atoms with van der Waals surface area (Å²) in [7, 11) is 1.65. The van der Waals surface area contributed by atoms with Gasteiger partial charge in [-0.3, -0.25) is 14.8 Å². The smallest absolute Gasteiger partial charge is 0.330 e. The van der Waals surface area contributed by atoms with E-state index in [4.69, 9.17) is 4.74 Å². The number of nitro groups is 1. The lowest BCUT2D eigenvalue weighted by atomic mass is 10.3. The second-order valence-corrected chi connectivity index (χ2v) is 3.87. The van der Waals surface area contributed by atoms with Crippen LogP contribution >= 0.6 is 0 Å². The molecule has 0 amide bonds. The van der Waals surface area contributed by atoms with Crippen LogP contribution in [-0.2, 0) is 11.8 Å². The van der Waals surface area contributed by atoms with Crippen molar-refractivity contribution in [2.24, 2.45) is 7.05 Å². The number of aromatic nitrogens is 2. The van der Waals surface area contributed by atoms with Gasteiger partial charge in [-0.2, -0.15) is 0 Å². The van der Waals surface area contributed by atoms with Crippen LogP contribution in [0.5, 0.6) is 0 Å². The number of hydrogen-bond donors (Lipinski definition) is 2. The molecule has 0 saturated carbocycles. The van der Waals surface area contributed by atoms with Crippen molar-refractivity contribution in [3.63, 3.8) is 0 Å². The van der Waals surface area contributed by atoms with Crippen LogP contribution in [-0.4, -0.2) is 47.0 Å². The molecule has 1 saturated heterocycles. The third-order valence-electron chi connectivity index (χ3n) is 2.51. The molecule has 1 aliphatic heterocycles. The molecule has 94 valence electrons. The van der Waals surface area contributed by atoms with Gasteiger partial charge in [-0.05, 0) is 0 Å². The summed E-state index contributed by atoms with van der Waals surface area (Å²) in [5.41, 5.74) is -0.0173. The van der Waals surface area contributed by atoms with Crippen LogP contribution in [0.2, 0.25) is 0 Å². The topological polar surface area (TPSA) is 94.2 Å². The van der Waals surface area contributed by atoms with Crippen LogP contribution in [0.4, 0.5) is 11.5 Å². The third-order valence-corrected chi connectivity index (χ3v) is 2.51. The summed E-state index contributed by atoms with van der Waals surface area (Å²) >= 11 is 0. The standard InChI is InChI=1S/C9H15N5O3/c1-13-6-8(14(15)16)9(12-13)11-5-7-4-10-2-3-17-7/h6-7,10H,2-5H2,1H3,(H,11,12). The largest absolute Gasteiger partial charge is 0.374 e. The van der Waals surface area contributed by atoms with E-state index in [1.807, 2.05) is 0 Å². The van der Waals surface area contributed by atoms with Gasteiger partial charge in [0.25, 0.3) is 0 Å². The Balaban J connectivity index is 1.95. The maximum Gasteiger partial charge on any atom is 0.330 e. The van der Waals surface area contributed by atoms with Crippen molar-refractivity contribution in [2.75, 3.05) is 31.6 Å². The van der Waals surface area contributed by atoms with Crippen LogP contribution in [0.15, 0.2) is 6.20 Å². The first kappa shape index (κ1) is 11.8. The van der Waals surface area contributed by atoms with E-state index in [9.17, 15) is 10.1 Å². The molecular weight excluding hydrogens is 226 g/mol. The SMILES string of the molecule is Cn1cc([N+](=O)[O-])c(NCC2CNCCO2)n1. The number of hydrogen-bond acceptors (Lipinski definition) is 6. The van der Waals surface area contributed by atoms with Crippen molar-refractivity contribution in [2.45, 2.75) is 6.10 Å². The van der Waals surface area contributed by atoms with Crippen LogP contribution in [0.25, 0.3) is 0 Å². The number of nitrogens with one attached hydrogen (secondary N) is 2. The first-order valence-corrected chi connectivity index (χ1v) is 5.41. The summed E-state index contributed by atoms with van der Waals surface area (Å²) in [4.78, 5) is 10.3. The maximum absolute atomic E-state index is 10.8. The Bertz CT molecular complexity index is 399. The van der Waals surface area contributed by atoms with Gasteiger partial charge < -0.3 is 15.4 Å². The molecule has 8 nitrogen and oxygen atoms in total. The molecule has 0 aromatic carbocycles. The second kappa shape index (κ2) is 5.11. The molecule has 1 aromatic rings. The Hall–Kier alpha value is -1.67. The summed E-state index contributed by atoms with van der Waals surface area (Å²) in [6.07, 6.45) is 1.40. The molecule has 2 N–H and O–H groups in total. The Morgan fingerprint density at radius 2 is 2.65 bits per heavy atom. The first-order chi connectivity index (χ1) is 8.16. The van der Waals surface area contributed by atoms with Gasteiger partial charge in [0, 0.05) is 26.7 Å². The number of aryl methyl sites for hydroxylation is 1. The van der Waals surface area contributed by atoms with Gasteiger partial charge in [0.1, 0.15) is 6.20 Å². The zero-order chi connectivity index (χ0) is 12.3. The molecule has 1 atom stereocenters. The van der Waals surface area contributed by atoms with Gasteiger partial charge in [-0.15, -0.1) is 5.10 Å². The van der Waals surface area contributed by atoms with Crippen LogP contribution < -0.4 is 10.6 Å². The number of ether oxygens (including phenoxy) is 1. The van der Waals surface area contributed by atoms with Crippen molar-refractivity contribution in [1.82, 2.24) is 15.1 Å². The Labute approximate surface area is 98.1 Å². The van der Waals surface area contributed by atoms with Gasteiger partial charge in [0.2, 0.25) is 5.82 Å². The lowest BCUT2D eigenvalue weighted by molar-refractivity contribution is -0.384. The van der Waals surface area contributed by atoms with E-state index in [0.717, 1.165) is 13.1 Å². The molecule has 17 heavy (non-hydrogen) atoms. The molecule has 1 unspecified atom stereocenters. The predicted octanol–water partition coefficient (Wildman–Crippen LogP) is -0.271. The fourth-order valence-electron chi connectivity index (χ4n) is 1.70. The van der Waals surface area contributed by atoms with E-state index in [1.54, 1.807) is 7.05 Å². The molecular formula is C9H15N5O3. The van der Waals surface area contributed by atoms with Crippen LogP contribution in [0, 0.1) is 10.1 Å².